The Morgan fingerprint density at radius 3 is 2.58 bits per heavy atom. The van der Waals surface area contributed by atoms with Crippen LogP contribution in [0.2, 0.25) is 0 Å². The highest BCUT2D eigenvalue weighted by Gasteiger charge is 2.62. The third kappa shape index (κ3) is 2.22. The smallest absolute Gasteiger partial charge is 0.302 e. The summed E-state index contributed by atoms with van der Waals surface area (Å²) >= 11 is 0. The van der Waals surface area contributed by atoms with Crippen LogP contribution in [0.15, 0.2) is 0 Å². The third-order valence-corrected chi connectivity index (χ3v) is 8.59. The van der Waals surface area contributed by atoms with Crippen molar-refractivity contribution < 1.29 is 14.3 Å². The fraction of sp³-hybridized carbons (Fsp3) is 0.905. The molecule has 0 aromatic carbocycles. The molecule has 0 amide bonds. The van der Waals surface area contributed by atoms with E-state index in [9.17, 15) is 9.59 Å². The molecular weight excluding hydrogens is 300 g/mol. The van der Waals surface area contributed by atoms with E-state index in [0.717, 1.165) is 31.6 Å². The van der Waals surface area contributed by atoms with E-state index < -0.39 is 0 Å². The van der Waals surface area contributed by atoms with Crippen LogP contribution in [0.4, 0.5) is 0 Å². The summed E-state index contributed by atoms with van der Waals surface area (Å²) in [7, 11) is 0. The molecule has 3 heteroatoms. The van der Waals surface area contributed by atoms with Gasteiger partial charge in [-0.3, -0.25) is 9.59 Å². The van der Waals surface area contributed by atoms with Gasteiger partial charge in [-0.05, 0) is 61.7 Å². The number of ether oxygens (including phenoxy) is 1. The van der Waals surface area contributed by atoms with Gasteiger partial charge in [0.25, 0.3) is 0 Å². The summed E-state index contributed by atoms with van der Waals surface area (Å²) in [5.41, 5.74) is 0.202. The lowest BCUT2D eigenvalue weighted by Gasteiger charge is -2.61. The Hall–Kier alpha value is -0.860. The van der Waals surface area contributed by atoms with Gasteiger partial charge in [0.15, 0.2) is 0 Å². The summed E-state index contributed by atoms with van der Waals surface area (Å²) in [6, 6.07) is 0. The molecule has 24 heavy (non-hydrogen) atoms. The van der Waals surface area contributed by atoms with E-state index in [4.69, 9.17) is 4.74 Å². The maximum absolute atomic E-state index is 12.5. The van der Waals surface area contributed by atoms with Gasteiger partial charge in [-0.2, -0.15) is 0 Å². The van der Waals surface area contributed by atoms with Gasteiger partial charge in [0.2, 0.25) is 0 Å². The van der Waals surface area contributed by atoms with Gasteiger partial charge >= 0.3 is 5.97 Å². The molecule has 4 rings (SSSR count). The number of esters is 1. The molecular formula is C21H32O3. The van der Waals surface area contributed by atoms with E-state index in [-0.39, 0.29) is 17.5 Å². The van der Waals surface area contributed by atoms with Crippen LogP contribution in [0, 0.1) is 34.5 Å². The van der Waals surface area contributed by atoms with Crippen LogP contribution in [0.25, 0.3) is 0 Å². The summed E-state index contributed by atoms with van der Waals surface area (Å²) in [4.78, 5) is 24.3. The number of carbonyl (C=O) groups excluding carboxylic acids is 2. The number of hydrogen-bond acceptors (Lipinski definition) is 3. The SMILES string of the molecule is CC(=O)OC1CC2C3CCC(=O)C3(C)CCC2C2(C)CCCCC12. The Kier molecular flexibility index (Phi) is 3.85. The van der Waals surface area contributed by atoms with Gasteiger partial charge in [-0.1, -0.05) is 26.7 Å². The van der Waals surface area contributed by atoms with E-state index in [0.29, 0.717) is 29.0 Å². The average molecular weight is 332 g/mol. The van der Waals surface area contributed by atoms with Crippen LogP contribution in [-0.2, 0) is 14.3 Å². The third-order valence-electron chi connectivity index (χ3n) is 8.59. The van der Waals surface area contributed by atoms with Crippen molar-refractivity contribution in [1.82, 2.24) is 0 Å². The second-order valence-corrected chi connectivity index (χ2v) is 9.54. The Bertz CT molecular complexity index is 555. The number of Topliss-reactive ketones (excluding diaryl/α,β-unsaturated/α-hetero) is 1. The Morgan fingerprint density at radius 2 is 1.83 bits per heavy atom. The van der Waals surface area contributed by atoms with Crippen LogP contribution in [0.5, 0.6) is 0 Å². The molecule has 0 N–H and O–H groups in total. The molecule has 0 aliphatic heterocycles. The van der Waals surface area contributed by atoms with Crippen molar-refractivity contribution in [2.75, 3.05) is 0 Å². The maximum Gasteiger partial charge on any atom is 0.302 e. The zero-order valence-corrected chi connectivity index (χ0v) is 15.5. The first kappa shape index (κ1) is 16.6. The van der Waals surface area contributed by atoms with E-state index in [1.807, 2.05) is 0 Å². The zero-order valence-electron chi connectivity index (χ0n) is 15.5. The molecule has 7 atom stereocenters. The molecule has 4 saturated carbocycles. The summed E-state index contributed by atoms with van der Waals surface area (Å²) in [6.45, 7) is 6.25. The van der Waals surface area contributed by atoms with Crippen molar-refractivity contribution in [3.8, 4) is 0 Å². The highest BCUT2D eigenvalue weighted by molar-refractivity contribution is 5.87. The van der Waals surface area contributed by atoms with Crippen LogP contribution in [0.1, 0.15) is 78.6 Å². The largest absolute Gasteiger partial charge is 0.462 e. The predicted molar refractivity (Wildman–Crippen MR) is 92.3 cm³/mol. The monoisotopic (exact) mass is 332 g/mol. The van der Waals surface area contributed by atoms with Gasteiger partial charge in [-0.15, -0.1) is 0 Å². The minimum atomic E-state index is -0.132. The molecule has 4 fully saturated rings. The lowest BCUT2D eigenvalue weighted by molar-refractivity contribution is -0.183. The number of hydrogen-bond donors (Lipinski definition) is 0. The maximum atomic E-state index is 12.5. The van der Waals surface area contributed by atoms with Crippen LogP contribution in [0.3, 0.4) is 0 Å². The van der Waals surface area contributed by atoms with Gasteiger partial charge in [0.05, 0.1) is 0 Å². The van der Waals surface area contributed by atoms with E-state index >= 15 is 0 Å². The predicted octanol–water partition coefficient (Wildman–Crippen LogP) is 4.53. The first-order valence-electron chi connectivity index (χ1n) is 10.1. The van der Waals surface area contributed by atoms with Crippen LogP contribution in [-0.4, -0.2) is 17.9 Å². The lowest BCUT2D eigenvalue weighted by atomic mass is 9.44. The quantitative estimate of drug-likeness (QED) is 0.663. The van der Waals surface area contributed by atoms with Crippen LogP contribution < -0.4 is 0 Å². The Labute approximate surface area is 145 Å². The molecule has 0 aromatic rings. The summed E-state index contributed by atoms with van der Waals surface area (Å²) in [6.07, 6.45) is 10.2. The minimum absolute atomic E-state index is 0.0760. The van der Waals surface area contributed by atoms with Crippen molar-refractivity contribution in [3.05, 3.63) is 0 Å². The van der Waals surface area contributed by atoms with Gasteiger partial charge < -0.3 is 4.74 Å². The van der Waals surface area contributed by atoms with E-state index in [1.165, 1.54) is 32.1 Å². The molecule has 0 spiro atoms. The average Bonchev–Trinajstić information content (AvgIpc) is 2.82. The second-order valence-electron chi connectivity index (χ2n) is 9.54. The van der Waals surface area contributed by atoms with Crippen molar-refractivity contribution in [1.29, 1.82) is 0 Å². The molecule has 0 saturated heterocycles. The standard InChI is InChI=1S/C21H32O3/c1-13(22)24-18-12-14-15-7-8-19(23)21(15,3)11-9-16(14)20(2)10-5-4-6-17(18)20/h14-18H,4-12H2,1-3H3. The first-order chi connectivity index (χ1) is 11.4. The minimum Gasteiger partial charge on any atom is -0.462 e. The zero-order chi connectivity index (χ0) is 17.1. The molecule has 7 unspecified atom stereocenters. The summed E-state index contributed by atoms with van der Waals surface area (Å²) in [5, 5.41) is 0. The highest BCUT2D eigenvalue weighted by atomic mass is 16.5. The highest BCUT2D eigenvalue weighted by Crippen LogP contribution is 2.65. The number of rotatable bonds is 1. The van der Waals surface area contributed by atoms with Gasteiger partial charge in [0, 0.05) is 24.7 Å². The molecule has 0 radical (unpaired) electrons. The van der Waals surface area contributed by atoms with E-state index in [2.05, 4.69) is 13.8 Å². The van der Waals surface area contributed by atoms with E-state index in [1.54, 1.807) is 6.92 Å². The summed E-state index contributed by atoms with van der Waals surface area (Å²) in [5.74, 6) is 2.69. The fourth-order valence-electron chi connectivity index (χ4n) is 7.44. The molecule has 3 nitrogen and oxygen atoms in total. The number of carbonyl (C=O) groups is 2. The topological polar surface area (TPSA) is 43.4 Å². The molecule has 0 bridgehead atoms. The van der Waals surface area contributed by atoms with Crippen molar-refractivity contribution in [2.45, 2.75) is 84.7 Å². The Balaban J connectivity index is 1.69. The fourth-order valence-corrected chi connectivity index (χ4v) is 7.44. The van der Waals surface area contributed by atoms with Crippen molar-refractivity contribution >= 4 is 11.8 Å². The van der Waals surface area contributed by atoms with Crippen LogP contribution >= 0.6 is 0 Å². The summed E-state index contributed by atoms with van der Waals surface area (Å²) < 4.78 is 5.86. The molecule has 134 valence electrons. The van der Waals surface area contributed by atoms with Gasteiger partial charge in [-0.25, -0.2) is 0 Å². The molecule has 4 aliphatic carbocycles. The first-order valence-corrected chi connectivity index (χ1v) is 10.1. The number of fused-ring (bicyclic) bond motifs is 5. The molecule has 0 heterocycles. The number of ketones is 1. The lowest BCUT2D eigenvalue weighted by Crippen LogP contribution is -2.57. The van der Waals surface area contributed by atoms with Crippen molar-refractivity contribution in [3.63, 3.8) is 0 Å². The molecule has 4 aliphatic rings. The molecule has 0 aromatic heterocycles. The Morgan fingerprint density at radius 1 is 1.04 bits per heavy atom. The second kappa shape index (κ2) is 5.57. The van der Waals surface area contributed by atoms with Gasteiger partial charge in [0.1, 0.15) is 11.9 Å². The van der Waals surface area contributed by atoms with Crippen molar-refractivity contribution in [2.24, 2.45) is 34.5 Å². The normalized spacial score (nSPS) is 50.6.